The molecule has 68 valence electrons. The van der Waals surface area contributed by atoms with Crippen molar-refractivity contribution >= 4 is 0 Å². The Morgan fingerprint density at radius 1 is 1.36 bits per heavy atom. The molecule has 0 aromatic heterocycles. The van der Waals surface area contributed by atoms with Crippen LogP contribution >= 0.6 is 0 Å². The van der Waals surface area contributed by atoms with Gasteiger partial charge in [0.15, 0.2) is 0 Å². The third-order valence-electron chi connectivity index (χ3n) is 1.19. The van der Waals surface area contributed by atoms with E-state index >= 15 is 0 Å². The summed E-state index contributed by atoms with van der Waals surface area (Å²) >= 11 is 0. The summed E-state index contributed by atoms with van der Waals surface area (Å²) in [5.41, 5.74) is 5.13. The van der Waals surface area contributed by atoms with Gasteiger partial charge in [-0.1, -0.05) is 0 Å². The van der Waals surface area contributed by atoms with Gasteiger partial charge in [0, 0.05) is 0 Å². The number of halogens is 3. The van der Waals surface area contributed by atoms with Crippen molar-refractivity contribution in [3.63, 3.8) is 0 Å². The second-order valence-electron chi connectivity index (χ2n) is 2.50. The molecule has 0 saturated carbocycles. The monoisotopic (exact) mass is 170 g/mol. The van der Waals surface area contributed by atoms with Crippen LogP contribution in [-0.2, 0) is 0 Å². The molecule has 0 spiro atoms. The smallest absolute Gasteiger partial charge is 0.330 e. The van der Waals surface area contributed by atoms with Crippen LogP contribution in [0.25, 0.3) is 0 Å². The first-order chi connectivity index (χ1) is 4.95. The van der Waals surface area contributed by atoms with Crippen LogP contribution in [0.2, 0.25) is 0 Å². The zero-order valence-corrected chi connectivity index (χ0v) is 6.49. The van der Waals surface area contributed by atoms with E-state index in [-0.39, 0.29) is 0 Å². The first kappa shape index (κ1) is 10.7. The fourth-order valence-corrected chi connectivity index (χ4v) is 0.746. The quantitative estimate of drug-likeness (QED) is 0.677. The van der Waals surface area contributed by atoms with E-state index in [1.54, 1.807) is 0 Å². The minimum Gasteiger partial charge on any atom is -0.330 e. The first-order valence-corrected chi connectivity index (χ1v) is 3.41. The number of hydrogen-bond donors (Lipinski definition) is 1. The van der Waals surface area contributed by atoms with Gasteiger partial charge in [0.25, 0.3) is 0 Å². The van der Waals surface area contributed by atoms with Crippen molar-refractivity contribution in [2.45, 2.75) is 12.6 Å². The lowest BCUT2D eigenvalue weighted by Gasteiger charge is -2.17. The third kappa shape index (κ3) is 7.61. The van der Waals surface area contributed by atoms with Gasteiger partial charge in [0.2, 0.25) is 0 Å². The molecule has 0 aromatic rings. The molecule has 5 heteroatoms. The minimum absolute atomic E-state index is 0.399. The highest BCUT2D eigenvalue weighted by atomic mass is 19.4. The molecule has 11 heavy (non-hydrogen) atoms. The second-order valence-corrected chi connectivity index (χ2v) is 2.50. The van der Waals surface area contributed by atoms with Crippen LogP contribution < -0.4 is 5.73 Å². The summed E-state index contributed by atoms with van der Waals surface area (Å²) in [5, 5.41) is 0. The lowest BCUT2D eigenvalue weighted by molar-refractivity contribution is -0.143. The van der Waals surface area contributed by atoms with E-state index in [0.717, 1.165) is 0 Å². The van der Waals surface area contributed by atoms with E-state index in [9.17, 15) is 13.2 Å². The van der Waals surface area contributed by atoms with Gasteiger partial charge < -0.3 is 5.73 Å². The minimum atomic E-state index is -4.09. The Labute approximate surface area is 64.2 Å². The molecule has 2 N–H and O–H groups in total. The van der Waals surface area contributed by atoms with Gasteiger partial charge in [-0.25, -0.2) is 0 Å². The Balaban J connectivity index is 3.44. The van der Waals surface area contributed by atoms with Gasteiger partial charge in [-0.15, -0.1) is 0 Å². The van der Waals surface area contributed by atoms with Crippen LogP contribution in [-0.4, -0.2) is 37.8 Å². The molecule has 0 aliphatic carbocycles. The molecule has 0 bridgehead atoms. The molecule has 0 aliphatic heterocycles. The van der Waals surface area contributed by atoms with Gasteiger partial charge in [-0.2, -0.15) is 13.2 Å². The van der Waals surface area contributed by atoms with Crippen LogP contribution in [0.1, 0.15) is 6.42 Å². The van der Waals surface area contributed by atoms with Crippen LogP contribution in [0.15, 0.2) is 0 Å². The van der Waals surface area contributed by atoms with E-state index in [1.807, 2.05) is 0 Å². The Morgan fingerprint density at radius 2 is 1.91 bits per heavy atom. The van der Waals surface area contributed by atoms with Gasteiger partial charge in [-0.3, -0.25) is 4.90 Å². The molecule has 0 amide bonds. The lowest BCUT2D eigenvalue weighted by atomic mass is 10.4. The zero-order valence-electron chi connectivity index (χ0n) is 6.49. The van der Waals surface area contributed by atoms with Crippen LogP contribution in [0.4, 0.5) is 13.2 Å². The van der Waals surface area contributed by atoms with Gasteiger partial charge in [0.1, 0.15) is 0 Å². The zero-order chi connectivity index (χ0) is 8.91. The fraction of sp³-hybridized carbons (Fsp3) is 1.00. The van der Waals surface area contributed by atoms with Crippen LogP contribution in [0.3, 0.4) is 0 Å². The van der Waals surface area contributed by atoms with E-state index in [2.05, 4.69) is 0 Å². The number of hydrogen-bond acceptors (Lipinski definition) is 2. The van der Waals surface area contributed by atoms with Crippen molar-refractivity contribution in [3.8, 4) is 0 Å². The average molecular weight is 170 g/mol. The average Bonchev–Trinajstić information content (AvgIpc) is 1.79. The lowest BCUT2D eigenvalue weighted by Crippen LogP contribution is -2.32. The van der Waals surface area contributed by atoms with E-state index in [1.165, 1.54) is 11.9 Å². The highest BCUT2D eigenvalue weighted by Gasteiger charge is 2.28. The summed E-state index contributed by atoms with van der Waals surface area (Å²) < 4.78 is 35.0. The van der Waals surface area contributed by atoms with E-state index in [0.29, 0.717) is 19.5 Å². The van der Waals surface area contributed by atoms with Gasteiger partial charge >= 0.3 is 6.18 Å². The summed E-state index contributed by atoms with van der Waals surface area (Å²) in [5.74, 6) is 0. The van der Waals surface area contributed by atoms with E-state index in [4.69, 9.17) is 5.73 Å². The van der Waals surface area contributed by atoms with Crippen molar-refractivity contribution in [2.24, 2.45) is 5.73 Å². The summed E-state index contributed by atoms with van der Waals surface area (Å²) in [7, 11) is 1.43. The molecular formula is C6H13F3N2. The molecule has 0 radical (unpaired) electrons. The molecule has 0 unspecified atom stereocenters. The molecule has 0 atom stereocenters. The van der Waals surface area contributed by atoms with Gasteiger partial charge in [-0.05, 0) is 26.6 Å². The third-order valence-corrected chi connectivity index (χ3v) is 1.19. The Morgan fingerprint density at radius 3 is 2.27 bits per heavy atom. The Hall–Kier alpha value is -0.290. The molecule has 0 heterocycles. The molecule has 0 aliphatic rings. The van der Waals surface area contributed by atoms with Crippen molar-refractivity contribution in [2.75, 3.05) is 26.7 Å². The molecule has 2 nitrogen and oxygen atoms in total. The number of nitrogens with zero attached hydrogens (tertiary/aromatic N) is 1. The second kappa shape index (κ2) is 4.56. The summed E-state index contributed by atoms with van der Waals surface area (Å²) in [4.78, 5) is 1.22. The van der Waals surface area contributed by atoms with Crippen LogP contribution in [0, 0.1) is 0 Å². The number of rotatable bonds is 4. The summed E-state index contributed by atoms with van der Waals surface area (Å²) in [6.07, 6.45) is -3.49. The maximum absolute atomic E-state index is 11.7. The molecule has 0 saturated heterocycles. The maximum Gasteiger partial charge on any atom is 0.401 e. The number of alkyl halides is 3. The molecular weight excluding hydrogens is 157 g/mol. The molecule has 0 aromatic carbocycles. The Bertz CT molecular complexity index is 102. The predicted molar refractivity (Wildman–Crippen MR) is 37.2 cm³/mol. The predicted octanol–water partition coefficient (Wildman–Crippen LogP) is 0.829. The molecule has 0 rings (SSSR count). The van der Waals surface area contributed by atoms with Crippen molar-refractivity contribution < 1.29 is 13.2 Å². The SMILES string of the molecule is CN(CCCN)CC(F)(F)F. The maximum atomic E-state index is 11.7. The van der Waals surface area contributed by atoms with Crippen LogP contribution in [0.5, 0.6) is 0 Å². The van der Waals surface area contributed by atoms with Crippen molar-refractivity contribution in [3.05, 3.63) is 0 Å². The normalized spacial score (nSPS) is 12.5. The molecule has 0 fully saturated rings. The fourth-order valence-electron chi connectivity index (χ4n) is 0.746. The largest absolute Gasteiger partial charge is 0.401 e. The van der Waals surface area contributed by atoms with Gasteiger partial charge in [0.05, 0.1) is 6.54 Å². The van der Waals surface area contributed by atoms with E-state index < -0.39 is 12.7 Å². The standard InChI is InChI=1S/C6H13F3N2/c1-11(4-2-3-10)5-6(7,8)9/h2-5,10H2,1H3. The topological polar surface area (TPSA) is 29.3 Å². The number of nitrogens with two attached hydrogens (primary N) is 1. The van der Waals surface area contributed by atoms with Crippen molar-refractivity contribution in [1.29, 1.82) is 0 Å². The summed E-state index contributed by atoms with van der Waals surface area (Å²) in [6, 6.07) is 0. The Kier molecular flexibility index (Phi) is 4.44. The summed E-state index contributed by atoms with van der Waals surface area (Å²) in [6.45, 7) is -0.0226. The highest BCUT2D eigenvalue weighted by molar-refractivity contribution is 4.58. The van der Waals surface area contributed by atoms with Crippen molar-refractivity contribution in [1.82, 2.24) is 4.90 Å². The first-order valence-electron chi connectivity index (χ1n) is 3.41. The highest BCUT2D eigenvalue weighted by Crippen LogP contribution is 2.15.